The molecule has 1 heterocycles. The van der Waals surface area contributed by atoms with Crippen LogP contribution in [0.2, 0.25) is 0 Å². The zero-order chi connectivity index (χ0) is 18.7. The molecule has 2 aromatic carbocycles. The van der Waals surface area contributed by atoms with Crippen molar-refractivity contribution in [2.75, 3.05) is 21.3 Å². The SMILES string of the molecule is COc1cccc(C2CC(c3ccc(OC)c(OC)c3)=NN2C(C)=O)c1. The van der Waals surface area contributed by atoms with Gasteiger partial charge >= 0.3 is 0 Å². The Balaban J connectivity index is 1.95. The third-order valence-electron chi connectivity index (χ3n) is 4.43. The van der Waals surface area contributed by atoms with E-state index in [9.17, 15) is 4.79 Å². The molecule has 0 radical (unpaired) electrons. The molecule has 2 aromatic rings. The highest BCUT2D eigenvalue weighted by atomic mass is 16.5. The molecule has 6 nitrogen and oxygen atoms in total. The van der Waals surface area contributed by atoms with Gasteiger partial charge in [0.25, 0.3) is 0 Å². The van der Waals surface area contributed by atoms with Gasteiger partial charge in [0.2, 0.25) is 5.91 Å². The molecule has 6 heteroatoms. The minimum absolute atomic E-state index is 0.103. The molecule has 0 N–H and O–H groups in total. The van der Waals surface area contributed by atoms with Crippen molar-refractivity contribution in [1.82, 2.24) is 5.01 Å². The van der Waals surface area contributed by atoms with Crippen LogP contribution in [-0.2, 0) is 4.79 Å². The van der Waals surface area contributed by atoms with Crippen LogP contribution in [-0.4, -0.2) is 38.0 Å². The van der Waals surface area contributed by atoms with Crippen molar-refractivity contribution in [1.29, 1.82) is 0 Å². The molecular weight excluding hydrogens is 332 g/mol. The van der Waals surface area contributed by atoms with Crippen molar-refractivity contribution in [3.8, 4) is 17.2 Å². The van der Waals surface area contributed by atoms with Crippen LogP contribution in [0.15, 0.2) is 47.6 Å². The van der Waals surface area contributed by atoms with Gasteiger partial charge in [-0.15, -0.1) is 0 Å². The van der Waals surface area contributed by atoms with E-state index in [4.69, 9.17) is 14.2 Å². The summed E-state index contributed by atoms with van der Waals surface area (Å²) in [6.45, 7) is 1.52. The fourth-order valence-corrected chi connectivity index (χ4v) is 3.10. The van der Waals surface area contributed by atoms with Crippen LogP contribution in [0.4, 0.5) is 0 Å². The van der Waals surface area contributed by atoms with Crippen LogP contribution in [0.25, 0.3) is 0 Å². The molecule has 26 heavy (non-hydrogen) atoms. The highest BCUT2D eigenvalue weighted by molar-refractivity contribution is 6.03. The number of hydrazone groups is 1. The molecule has 0 aliphatic carbocycles. The van der Waals surface area contributed by atoms with Crippen LogP contribution in [0.5, 0.6) is 17.2 Å². The maximum absolute atomic E-state index is 12.1. The Morgan fingerprint density at radius 1 is 1.04 bits per heavy atom. The van der Waals surface area contributed by atoms with Crippen molar-refractivity contribution >= 4 is 11.6 Å². The number of amides is 1. The summed E-state index contributed by atoms with van der Waals surface area (Å²) >= 11 is 0. The lowest BCUT2D eigenvalue weighted by molar-refractivity contribution is -0.130. The van der Waals surface area contributed by atoms with Crippen molar-refractivity contribution in [3.63, 3.8) is 0 Å². The molecule has 3 rings (SSSR count). The maximum atomic E-state index is 12.1. The normalized spacial score (nSPS) is 16.2. The number of nitrogens with zero attached hydrogens (tertiary/aromatic N) is 2. The fraction of sp³-hybridized carbons (Fsp3) is 0.300. The van der Waals surface area contributed by atoms with Crippen molar-refractivity contribution in [3.05, 3.63) is 53.6 Å². The summed E-state index contributed by atoms with van der Waals surface area (Å²) in [5.74, 6) is 1.94. The largest absolute Gasteiger partial charge is 0.497 e. The van der Waals surface area contributed by atoms with Gasteiger partial charge in [-0.25, -0.2) is 5.01 Å². The van der Waals surface area contributed by atoms with Gasteiger partial charge in [0, 0.05) is 18.9 Å². The predicted molar refractivity (Wildman–Crippen MR) is 99.0 cm³/mol. The summed E-state index contributed by atoms with van der Waals surface area (Å²) in [5, 5.41) is 6.09. The minimum atomic E-state index is -0.161. The van der Waals surface area contributed by atoms with Crippen LogP contribution in [0.3, 0.4) is 0 Å². The van der Waals surface area contributed by atoms with Gasteiger partial charge < -0.3 is 14.2 Å². The Morgan fingerprint density at radius 3 is 2.46 bits per heavy atom. The summed E-state index contributed by atoms with van der Waals surface area (Å²) in [7, 11) is 4.82. The van der Waals surface area contributed by atoms with Gasteiger partial charge in [0.05, 0.1) is 33.1 Å². The molecule has 1 amide bonds. The third kappa shape index (κ3) is 3.35. The summed E-state index contributed by atoms with van der Waals surface area (Å²) in [6.07, 6.45) is 0.613. The van der Waals surface area contributed by atoms with E-state index in [2.05, 4.69) is 5.10 Å². The molecule has 0 saturated heterocycles. The smallest absolute Gasteiger partial charge is 0.240 e. The number of carbonyl (C=O) groups is 1. The van der Waals surface area contributed by atoms with E-state index >= 15 is 0 Å². The first-order valence-electron chi connectivity index (χ1n) is 8.31. The van der Waals surface area contributed by atoms with Crippen LogP contribution in [0, 0.1) is 0 Å². The molecule has 1 unspecified atom stereocenters. The van der Waals surface area contributed by atoms with Gasteiger partial charge in [0.15, 0.2) is 11.5 Å². The first-order valence-corrected chi connectivity index (χ1v) is 8.31. The lowest BCUT2D eigenvalue weighted by Gasteiger charge is -2.20. The van der Waals surface area contributed by atoms with E-state index < -0.39 is 0 Å². The zero-order valence-electron chi connectivity index (χ0n) is 15.4. The molecule has 0 saturated carbocycles. The van der Waals surface area contributed by atoms with Gasteiger partial charge in [-0.2, -0.15) is 5.10 Å². The number of rotatable bonds is 5. The van der Waals surface area contributed by atoms with E-state index in [1.165, 1.54) is 11.9 Å². The number of methoxy groups -OCH3 is 3. The first-order chi connectivity index (χ1) is 12.6. The quantitative estimate of drug-likeness (QED) is 0.826. The van der Waals surface area contributed by atoms with E-state index in [1.807, 2.05) is 42.5 Å². The molecule has 0 fully saturated rings. The number of hydrogen-bond donors (Lipinski definition) is 0. The van der Waals surface area contributed by atoms with Gasteiger partial charge in [-0.05, 0) is 35.9 Å². The average molecular weight is 354 g/mol. The summed E-state index contributed by atoms with van der Waals surface area (Å²) in [6, 6.07) is 13.2. The van der Waals surface area contributed by atoms with Crippen molar-refractivity contribution in [2.45, 2.75) is 19.4 Å². The number of benzene rings is 2. The van der Waals surface area contributed by atoms with Gasteiger partial charge in [-0.1, -0.05) is 12.1 Å². The topological polar surface area (TPSA) is 60.4 Å². The molecule has 0 aromatic heterocycles. The molecule has 1 aliphatic heterocycles. The van der Waals surface area contributed by atoms with Gasteiger partial charge in [0.1, 0.15) is 5.75 Å². The Labute approximate surface area is 153 Å². The second-order valence-electron chi connectivity index (χ2n) is 5.98. The van der Waals surface area contributed by atoms with Crippen LogP contribution >= 0.6 is 0 Å². The van der Waals surface area contributed by atoms with E-state index in [0.29, 0.717) is 17.9 Å². The van der Waals surface area contributed by atoms with Crippen molar-refractivity contribution in [2.24, 2.45) is 5.10 Å². The Kier molecular flexibility index (Phi) is 5.11. The number of hydrogen-bond acceptors (Lipinski definition) is 5. The van der Waals surface area contributed by atoms with Crippen LogP contribution < -0.4 is 14.2 Å². The summed E-state index contributed by atoms with van der Waals surface area (Å²) in [5.41, 5.74) is 2.71. The Bertz CT molecular complexity index is 847. The fourth-order valence-electron chi connectivity index (χ4n) is 3.10. The van der Waals surface area contributed by atoms with Crippen LogP contribution in [0.1, 0.15) is 30.5 Å². The average Bonchev–Trinajstić information content (AvgIpc) is 3.13. The standard InChI is InChI=1S/C20H22N2O4/c1-13(23)22-18(15-6-5-7-16(10-15)24-2)12-17(21-22)14-8-9-19(25-3)20(11-14)26-4/h5-11,18H,12H2,1-4H3. The highest BCUT2D eigenvalue weighted by Gasteiger charge is 2.31. The van der Waals surface area contributed by atoms with Gasteiger partial charge in [-0.3, -0.25) is 4.79 Å². The van der Waals surface area contributed by atoms with E-state index in [-0.39, 0.29) is 11.9 Å². The zero-order valence-corrected chi connectivity index (χ0v) is 15.4. The Hall–Kier alpha value is -3.02. The molecule has 1 atom stereocenters. The molecule has 0 bridgehead atoms. The highest BCUT2D eigenvalue weighted by Crippen LogP contribution is 2.36. The molecule has 1 aliphatic rings. The molecular formula is C20H22N2O4. The second kappa shape index (κ2) is 7.47. The predicted octanol–water partition coefficient (Wildman–Crippen LogP) is 3.41. The third-order valence-corrected chi connectivity index (χ3v) is 4.43. The molecule has 136 valence electrons. The van der Waals surface area contributed by atoms with E-state index in [0.717, 1.165) is 22.6 Å². The van der Waals surface area contributed by atoms with E-state index in [1.54, 1.807) is 21.3 Å². The lowest BCUT2D eigenvalue weighted by Crippen LogP contribution is -2.24. The summed E-state index contributed by atoms with van der Waals surface area (Å²) in [4.78, 5) is 12.1. The number of carbonyl (C=O) groups excluding carboxylic acids is 1. The first kappa shape index (κ1) is 17.8. The monoisotopic (exact) mass is 354 g/mol. The van der Waals surface area contributed by atoms with Crippen molar-refractivity contribution < 1.29 is 19.0 Å². The second-order valence-corrected chi connectivity index (χ2v) is 5.98. The minimum Gasteiger partial charge on any atom is -0.497 e. The Morgan fingerprint density at radius 2 is 1.81 bits per heavy atom. The lowest BCUT2D eigenvalue weighted by atomic mass is 9.98. The maximum Gasteiger partial charge on any atom is 0.240 e. The number of ether oxygens (including phenoxy) is 3. The molecule has 0 spiro atoms. The summed E-state index contributed by atoms with van der Waals surface area (Å²) < 4.78 is 16.0.